The Labute approximate surface area is 103 Å². The van der Waals surface area contributed by atoms with Gasteiger partial charge < -0.3 is 5.32 Å². The molecular formula is C13H21N3O. The largest absolute Gasteiger partial charge is 0.348 e. The molecule has 0 saturated carbocycles. The van der Waals surface area contributed by atoms with Crippen molar-refractivity contribution in [1.82, 2.24) is 15.3 Å². The van der Waals surface area contributed by atoms with Crippen LogP contribution in [-0.2, 0) is 0 Å². The molecule has 0 radical (unpaired) electrons. The van der Waals surface area contributed by atoms with Crippen molar-refractivity contribution in [2.24, 2.45) is 0 Å². The standard InChI is InChI=1S/C13H21N3O/c1-3-4-5-6-7-11(2)16-13(17)12-10-14-8-9-15-12/h8-11H,3-7H2,1-2H3,(H,16,17). The van der Waals surface area contributed by atoms with Gasteiger partial charge in [-0.25, -0.2) is 4.98 Å². The van der Waals surface area contributed by atoms with E-state index in [1.807, 2.05) is 6.92 Å². The molecule has 4 heteroatoms. The molecule has 1 unspecified atom stereocenters. The van der Waals surface area contributed by atoms with Gasteiger partial charge in [0.05, 0.1) is 6.20 Å². The van der Waals surface area contributed by atoms with Gasteiger partial charge in [0.25, 0.3) is 5.91 Å². The summed E-state index contributed by atoms with van der Waals surface area (Å²) in [5.41, 5.74) is 0.382. The first kappa shape index (κ1) is 13.6. The molecule has 0 aromatic carbocycles. The van der Waals surface area contributed by atoms with E-state index in [-0.39, 0.29) is 11.9 Å². The highest BCUT2D eigenvalue weighted by atomic mass is 16.1. The summed E-state index contributed by atoms with van der Waals surface area (Å²) in [6, 6.07) is 0.196. The summed E-state index contributed by atoms with van der Waals surface area (Å²) in [5.74, 6) is -0.138. The maximum Gasteiger partial charge on any atom is 0.271 e. The first-order valence-corrected chi connectivity index (χ1v) is 6.31. The van der Waals surface area contributed by atoms with Gasteiger partial charge in [-0.2, -0.15) is 0 Å². The minimum Gasteiger partial charge on any atom is -0.348 e. The van der Waals surface area contributed by atoms with Crippen LogP contribution < -0.4 is 5.32 Å². The normalized spacial score (nSPS) is 12.1. The lowest BCUT2D eigenvalue weighted by atomic mass is 10.1. The molecule has 0 aliphatic heterocycles. The van der Waals surface area contributed by atoms with Crippen molar-refractivity contribution in [1.29, 1.82) is 0 Å². The summed E-state index contributed by atoms with van der Waals surface area (Å²) in [7, 11) is 0. The highest BCUT2D eigenvalue weighted by Crippen LogP contribution is 2.05. The molecule has 1 aromatic heterocycles. The highest BCUT2D eigenvalue weighted by molar-refractivity contribution is 5.92. The summed E-state index contributed by atoms with van der Waals surface area (Å²) >= 11 is 0. The summed E-state index contributed by atoms with van der Waals surface area (Å²) in [6.07, 6.45) is 10.5. The van der Waals surface area contributed by atoms with Gasteiger partial charge in [0, 0.05) is 18.4 Å². The fourth-order valence-electron chi connectivity index (χ4n) is 1.66. The lowest BCUT2D eigenvalue weighted by molar-refractivity contribution is 0.0932. The van der Waals surface area contributed by atoms with E-state index >= 15 is 0 Å². The molecule has 94 valence electrons. The SMILES string of the molecule is CCCCCCC(C)NC(=O)c1cnccn1. The Morgan fingerprint density at radius 2 is 2.18 bits per heavy atom. The third-order valence-electron chi connectivity index (χ3n) is 2.66. The van der Waals surface area contributed by atoms with Crippen molar-refractivity contribution in [3.8, 4) is 0 Å². The fourth-order valence-corrected chi connectivity index (χ4v) is 1.66. The van der Waals surface area contributed by atoms with Crippen molar-refractivity contribution < 1.29 is 4.79 Å². The zero-order valence-electron chi connectivity index (χ0n) is 10.6. The van der Waals surface area contributed by atoms with E-state index in [4.69, 9.17) is 0 Å². The molecule has 1 rings (SSSR count). The second kappa shape index (κ2) is 7.76. The minimum atomic E-state index is -0.138. The molecule has 0 fully saturated rings. The van der Waals surface area contributed by atoms with Gasteiger partial charge in [-0.15, -0.1) is 0 Å². The second-order valence-corrected chi connectivity index (χ2v) is 4.31. The van der Waals surface area contributed by atoms with E-state index < -0.39 is 0 Å². The monoisotopic (exact) mass is 235 g/mol. The molecule has 1 aromatic rings. The number of nitrogens with zero attached hydrogens (tertiary/aromatic N) is 2. The van der Waals surface area contributed by atoms with Gasteiger partial charge in [-0.1, -0.05) is 32.6 Å². The van der Waals surface area contributed by atoms with E-state index in [9.17, 15) is 4.79 Å². The smallest absolute Gasteiger partial charge is 0.271 e. The Bertz CT molecular complexity index is 327. The Hall–Kier alpha value is -1.45. The number of nitrogens with one attached hydrogen (secondary N) is 1. The number of rotatable bonds is 7. The van der Waals surface area contributed by atoms with Crippen LogP contribution in [-0.4, -0.2) is 21.9 Å². The predicted molar refractivity (Wildman–Crippen MR) is 67.7 cm³/mol. The van der Waals surface area contributed by atoms with E-state index in [0.29, 0.717) is 5.69 Å². The third-order valence-corrected chi connectivity index (χ3v) is 2.66. The van der Waals surface area contributed by atoms with Gasteiger partial charge in [0.2, 0.25) is 0 Å². The third kappa shape index (κ3) is 5.43. The number of carbonyl (C=O) groups excluding carboxylic acids is 1. The fraction of sp³-hybridized carbons (Fsp3) is 0.615. The highest BCUT2D eigenvalue weighted by Gasteiger charge is 2.10. The Balaban J connectivity index is 2.26. The van der Waals surface area contributed by atoms with Gasteiger partial charge in [0.1, 0.15) is 5.69 Å². The first-order chi connectivity index (χ1) is 8.24. The van der Waals surface area contributed by atoms with Crippen molar-refractivity contribution in [3.63, 3.8) is 0 Å². The predicted octanol–water partition coefficient (Wildman–Crippen LogP) is 2.57. The van der Waals surface area contributed by atoms with Crippen LogP contribution in [0, 0.1) is 0 Å². The average Bonchev–Trinajstić information content (AvgIpc) is 2.36. The van der Waals surface area contributed by atoms with Gasteiger partial charge in [-0.3, -0.25) is 9.78 Å². The summed E-state index contributed by atoms with van der Waals surface area (Å²) in [4.78, 5) is 19.6. The second-order valence-electron chi connectivity index (χ2n) is 4.31. The van der Waals surface area contributed by atoms with Crippen molar-refractivity contribution >= 4 is 5.91 Å². The molecule has 0 bridgehead atoms. The van der Waals surface area contributed by atoms with Crippen LogP contribution in [0.2, 0.25) is 0 Å². The molecule has 0 spiro atoms. The van der Waals surface area contributed by atoms with Gasteiger partial charge in [0.15, 0.2) is 0 Å². The molecule has 1 heterocycles. The maximum atomic E-state index is 11.7. The van der Waals surface area contributed by atoms with E-state index in [0.717, 1.165) is 12.8 Å². The zero-order valence-corrected chi connectivity index (χ0v) is 10.6. The zero-order chi connectivity index (χ0) is 12.5. The molecule has 17 heavy (non-hydrogen) atoms. The molecule has 0 aliphatic rings. The molecule has 0 aliphatic carbocycles. The first-order valence-electron chi connectivity index (χ1n) is 6.31. The topological polar surface area (TPSA) is 54.9 Å². The van der Waals surface area contributed by atoms with Crippen LogP contribution in [0.4, 0.5) is 0 Å². The van der Waals surface area contributed by atoms with Crippen LogP contribution in [0.3, 0.4) is 0 Å². The number of aromatic nitrogens is 2. The van der Waals surface area contributed by atoms with E-state index in [1.165, 1.54) is 31.7 Å². The molecule has 1 amide bonds. The molecular weight excluding hydrogens is 214 g/mol. The maximum absolute atomic E-state index is 11.7. The van der Waals surface area contributed by atoms with Crippen molar-refractivity contribution in [2.75, 3.05) is 0 Å². The quantitative estimate of drug-likeness (QED) is 0.739. The van der Waals surface area contributed by atoms with Crippen molar-refractivity contribution in [3.05, 3.63) is 24.3 Å². The van der Waals surface area contributed by atoms with Gasteiger partial charge >= 0.3 is 0 Å². The Morgan fingerprint density at radius 1 is 1.35 bits per heavy atom. The van der Waals surface area contributed by atoms with E-state index in [1.54, 1.807) is 6.20 Å². The molecule has 1 N–H and O–H groups in total. The van der Waals surface area contributed by atoms with E-state index in [2.05, 4.69) is 22.2 Å². The summed E-state index contributed by atoms with van der Waals surface area (Å²) in [6.45, 7) is 4.22. The molecule has 4 nitrogen and oxygen atoms in total. The lowest BCUT2D eigenvalue weighted by Gasteiger charge is -2.12. The molecule has 1 atom stereocenters. The molecule has 0 saturated heterocycles. The van der Waals surface area contributed by atoms with Crippen LogP contribution in [0.25, 0.3) is 0 Å². The van der Waals surface area contributed by atoms with Crippen LogP contribution in [0.5, 0.6) is 0 Å². The van der Waals surface area contributed by atoms with Crippen LogP contribution in [0.15, 0.2) is 18.6 Å². The van der Waals surface area contributed by atoms with Crippen LogP contribution >= 0.6 is 0 Å². The minimum absolute atomic E-state index is 0.138. The number of carbonyl (C=O) groups is 1. The number of amides is 1. The van der Waals surface area contributed by atoms with Crippen LogP contribution in [0.1, 0.15) is 56.4 Å². The average molecular weight is 235 g/mol. The Kier molecular flexibility index (Phi) is 6.22. The van der Waals surface area contributed by atoms with Crippen molar-refractivity contribution in [2.45, 2.75) is 52.0 Å². The summed E-state index contributed by atoms with van der Waals surface area (Å²) < 4.78 is 0. The number of hydrogen-bond acceptors (Lipinski definition) is 3. The number of unbranched alkanes of at least 4 members (excludes halogenated alkanes) is 3. The number of hydrogen-bond donors (Lipinski definition) is 1. The van der Waals surface area contributed by atoms with Gasteiger partial charge in [-0.05, 0) is 13.3 Å². The lowest BCUT2D eigenvalue weighted by Crippen LogP contribution is -2.33. The Morgan fingerprint density at radius 3 is 2.82 bits per heavy atom. The summed E-state index contributed by atoms with van der Waals surface area (Å²) in [5, 5.41) is 2.93.